The van der Waals surface area contributed by atoms with Gasteiger partial charge in [-0.1, -0.05) is 6.92 Å². The predicted octanol–water partition coefficient (Wildman–Crippen LogP) is 4.10. The van der Waals surface area contributed by atoms with Gasteiger partial charge in [0.2, 0.25) is 0 Å². The summed E-state index contributed by atoms with van der Waals surface area (Å²) in [4.78, 5) is 12.5. The van der Waals surface area contributed by atoms with E-state index in [-0.39, 0.29) is 24.0 Å². The van der Waals surface area contributed by atoms with Crippen molar-refractivity contribution < 1.29 is 13.2 Å². The lowest BCUT2D eigenvalue weighted by molar-refractivity contribution is -0.140. The maximum Gasteiger partial charge on any atom is 0.434 e. The standard InChI is InChI=1S/C15H20F3N5S2.HI/c1-3-12-22-10(8-24-12)7-21-14(19-4-2)20-6-5-13-23-11(9-25-13)15(16,17)18;/h8-9H,3-7H2,1-2H3,(H2,19,20,21);1H. The fourth-order valence-electron chi connectivity index (χ4n) is 1.93. The highest BCUT2D eigenvalue weighted by molar-refractivity contribution is 14.0. The van der Waals surface area contributed by atoms with Gasteiger partial charge in [-0.05, 0) is 13.3 Å². The molecule has 0 aromatic carbocycles. The summed E-state index contributed by atoms with van der Waals surface area (Å²) >= 11 is 2.63. The number of aromatic nitrogens is 2. The summed E-state index contributed by atoms with van der Waals surface area (Å²) in [6.45, 7) is 5.61. The molecular weight excluding hydrogens is 498 g/mol. The van der Waals surface area contributed by atoms with E-state index in [0.717, 1.165) is 33.8 Å². The molecule has 2 aromatic heterocycles. The molecule has 0 atom stereocenters. The van der Waals surface area contributed by atoms with Crippen LogP contribution in [-0.4, -0.2) is 29.0 Å². The minimum absolute atomic E-state index is 0. The molecule has 146 valence electrons. The summed E-state index contributed by atoms with van der Waals surface area (Å²) in [5, 5.41) is 10.8. The van der Waals surface area contributed by atoms with Crippen molar-refractivity contribution in [1.29, 1.82) is 0 Å². The van der Waals surface area contributed by atoms with E-state index in [4.69, 9.17) is 0 Å². The Balaban J connectivity index is 0.00000338. The van der Waals surface area contributed by atoms with Gasteiger partial charge in [0.1, 0.15) is 0 Å². The molecule has 0 fully saturated rings. The number of aryl methyl sites for hydroxylation is 1. The molecule has 0 spiro atoms. The molecule has 5 nitrogen and oxygen atoms in total. The molecule has 26 heavy (non-hydrogen) atoms. The molecule has 0 saturated carbocycles. The number of nitrogens with one attached hydrogen (secondary N) is 2. The van der Waals surface area contributed by atoms with Crippen LogP contribution in [0.25, 0.3) is 0 Å². The van der Waals surface area contributed by atoms with Crippen molar-refractivity contribution >= 4 is 52.6 Å². The van der Waals surface area contributed by atoms with E-state index in [1.165, 1.54) is 0 Å². The van der Waals surface area contributed by atoms with Gasteiger partial charge in [-0.15, -0.1) is 46.7 Å². The van der Waals surface area contributed by atoms with Crippen molar-refractivity contribution in [3.63, 3.8) is 0 Å². The Morgan fingerprint density at radius 3 is 2.42 bits per heavy atom. The lowest BCUT2D eigenvalue weighted by Crippen LogP contribution is -2.38. The zero-order valence-electron chi connectivity index (χ0n) is 14.4. The van der Waals surface area contributed by atoms with Crippen molar-refractivity contribution in [2.24, 2.45) is 4.99 Å². The van der Waals surface area contributed by atoms with E-state index < -0.39 is 11.9 Å². The Bertz CT molecular complexity index is 700. The molecule has 0 aliphatic rings. The largest absolute Gasteiger partial charge is 0.434 e. The Kier molecular flexibility index (Phi) is 9.79. The summed E-state index contributed by atoms with van der Waals surface area (Å²) < 4.78 is 37.6. The van der Waals surface area contributed by atoms with Crippen LogP contribution < -0.4 is 10.6 Å². The highest BCUT2D eigenvalue weighted by Gasteiger charge is 2.33. The van der Waals surface area contributed by atoms with Crippen molar-refractivity contribution in [2.45, 2.75) is 39.4 Å². The van der Waals surface area contributed by atoms with E-state index in [1.54, 1.807) is 11.3 Å². The Morgan fingerprint density at radius 1 is 1.12 bits per heavy atom. The summed E-state index contributed by atoms with van der Waals surface area (Å²) in [6.07, 6.45) is -3.08. The minimum atomic E-state index is -4.39. The number of rotatable bonds is 7. The van der Waals surface area contributed by atoms with E-state index >= 15 is 0 Å². The van der Waals surface area contributed by atoms with Crippen LogP contribution in [0, 0.1) is 0 Å². The van der Waals surface area contributed by atoms with E-state index in [2.05, 4.69) is 32.5 Å². The van der Waals surface area contributed by atoms with Crippen LogP contribution in [0.1, 0.15) is 35.3 Å². The first-order valence-electron chi connectivity index (χ1n) is 7.89. The highest BCUT2D eigenvalue weighted by Crippen LogP contribution is 2.29. The second-order valence-corrected chi connectivity index (χ2v) is 6.97. The van der Waals surface area contributed by atoms with Gasteiger partial charge in [-0.2, -0.15) is 13.2 Å². The Labute approximate surface area is 175 Å². The maximum absolute atomic E-state index is 12.5. The first-order valence-corrected chi connectivity index (χ1v) is 9.65. The average molecular weight is 519 g/mol. The quantitative estimate of drug-likeness (QED) is 0.329. The third-order valence-electron chi connectivity index (χ3n) is 3.12. The molecule has 0 bridgehead atoms. The van der Waals surface area contributed by atoms with Crippen LogP contribution in [-0.2, 0) is 25.6 Å². The number of halogens is 4. The monoisotopic (exact) mass is 519 g/mol. The number of aliphatic imine (C=N–C) groups is 1. The first-order chi connectivity index (χ1) is 11.9. The van der Waals surface area contributed by atoms with E-state index in [9.17, 15) is 13.2 Å². The molecule has 0 aliphatic heterocycles. The molecule has 11 heteroatoms. The third-order valence-corrected chi connectivity index (χ3v) is 5.07. The number of hydrogen-bond donors (Lipinski definition) is 2. The van der Waals surface area contributed by atoms with Crippen molar-refractivity contribution in [2.75, 3.05) is 13.1 Å². The van der Waals surface area contributed by atoms with Gasteiger partial charge in [-0.3, -0.25) is 0 Å². The summed E-state index contributed by atoms with van der Waals surface area (Å²) in [7, 11) is 0. The zero-order valence-corrected chi connectivity index (χ0v) is 18.4. The normalized spacial score (nSPS) is 12.0. The molecule has 2 aromatic rings. The average Bonchev–Trinajstić information content (AvgIpc) is 3.21. The number of guanidine groups is 1. The van der Waals surface area contributed by atoms with Gasteiger partial charge in [0.15, 0.2) is 11.7 Å². The van der Waals surface area contributed by atoms with Crippen LogP contribution >= 0.6 is 46.7 Å². The summed E-state index contributed by atoms with van der Waals surface area (Å²) in [6, 6.07) is 0. The maximum atomic E-state index is 12.5. The molecule has 0 saturated heterocycles. The second kappa shape index (κ2) is 11.0. The molecule has 0 radical (unpaired) electrons. The van der Waals surface area contributed by atoms with Gasteiger partial charge in [0.05, 0.1) is 22.3 Å². The predicted molar refractivity (Wildman–Crippen MR) is 111 cm³/mol. The fourth-order valence-corrected chi connectivity index (χ4v) is 3.47. The van der Waals surface area contributed by atoms with Crippen molar-refractivity contribution in [3.8, 4) is 0 Å². The SMILES string of the molecule is CCNC(=NCc1csc(CC)n1)NCCc1nc(C(F)(F)F)cs1.I. The third kappa shape index (κ3) is 7.35. The van der Waals surface area contributed by atoms with Crippen LogP contribution in [0.5, 0.6) is 0 Å². The van der Waals surface area contributed by atoms with Crippen molar-refractivity contribution in [3.05, 3.63) is 32.2 Å². The van der Waals surface area contributed by atoms with E-state index in [0.29, 0.717) is 37.0 Å². The second-order valence-electron chi connectivity index (χ2n) is 5.08. The Morgan fingerprint density at radius 2 is 1.85 bits per heavy atom. The number of thiazole rings is 2. The molecule has 0 aliphatic carbocycles. The van der Waals surface area contributed by atoms with Gasteiger partial charge >= 0.3 is 6.18 Å². The van der Waals surface area contributed by atoms with Gasteiger partial charge in [-0.25, -0.2) is 15.0 Å². The number of nitrogens with zero attached hydrogens (tertiary/aromatic N) is 3. The highest BCUT2D eigenvalue weighted by atomic mass is 127. The van der Waals surface area contributed by atoms with Gasteiger partial charge in [0.25, 0.3) is 0 Å². The van der Waals surface area contributed by atoms with Crippen LogP contribution in [0.3, 0.4) is 0 Å². The lowest BCUT2D eigenvalue weighted by atomic mass is 10.4. The minimum Gasteiger partial charge on any atom is -0.357 e. The van der Waals surface area contributed by atoms with Crippen LogP contribution in [0.15, 0.2) is 15.8 Å². The lowest BCUT2D eigenvalue weighted by Gasteiger charge is -2.10. The molecular formula is C15H21F3IN5S2. The fraction of sp³-hybridized carbons (Fsp3) is 0.533. The number of alkyl halides is 3. The Hall–Kier alpha value is -0.950. The zero-order chi connectivity index (χ0) is 18.3. The molecule has 2 N–H and O–H groups in total. The molecule has 2 rings (SSSR count). The molecule has 2 heterocycles. The van der Waals surface area contributed by atoms with Crippen LogP contribution in [0.2, 0.25) is 0 Å². The molecule has 0 unspecified atom stereocenters. The van der Waals surface area contributed by atoms with Crippen LogP contribution in [0.4, 0.5) is 13.2 Å². The summed E-state index contributed by atoms with van der Waals surface area (Å²) in [5.74, 6) is 0.612. The van der Waals surface area contributed by atoms with E-state index in [1.807, 2.05) is 12.3 Å². The summed E-state index contributed by atoms with van der Waals surface area (Å²) in [5.41, 5.74) is 0.0807. The topological polar surface area (TPSA) is 62.2 Å². The number of hydrogen-bond acceptors (Lipinski definition) is 5. The first kappa shape index (κ1) is 23.1. The molecule has 0 amide bonds. The smallest absolute Gasteiger partial charge is 0.357 e. The van der Waals surface area contributed by atoms with Crippen molar-refractivity contribution in [1.82, 2.24) is 20.6 Å². The van der Waals surface area contributed by atoms with Gasteiger partial charge in [0, 0.05) is 30.3 Å². The van der Waals surface area contributed by atoms with Gasteiger partial charge < -0.3 is 10.6 Å².